The van der Waals surface area contributed by atoms with Gasteiger partial charge >= 0.3 is 0 Å². The van der Waals surface area contributed by atoms with Crippen LogP contribution in [-0.2, 0) is 4.79 Å². The monoisotopic (exact) mass is 185 g/mol. The largest absolute Gasteiger partial charge is 0.396 e. The predicted molar refractivity (Wildman–Crippen MR) is 51.0 cm³/mol. The van der Waals surface area contributed by atoms with Gasteiger partial charge in [0.2, 0.25) is 5.91 Å². The van der Waals surface area contributed by atoms with Gasteiger partial charge in [-0.15, -0.1) is 0 Å². The van der Waals surface area contributed by atoms with Crippen LogP contribution in [0.5, 0.6) is 0 Å². The summed E-state index contributed by atoms with van der Waals surface area (Å²) in [5.41, 5.74) is 5.08. The van der Waals surface area contributed by atoms with Crippen LogP contribution in [0.15, 0.2) is 0 Å². The average Bonchev–Trinajstić information content (AvgIpc) is 2.15. The molecule has 0 aromatic rings. The minimum Gasteiger partial charge on any atom is -0.396 e. The van der Waals surface area contributed by atoms with Gasteiger partial charge in [0.15, 0.2) is 0 Å². The molecule has 0 aliphatic heterocycles. The first-order valence-electron chi connectivity index (χ1n) is 5.11. The van der Waals surface area contributed by atoms with Crippen molar-refractivity contribution < 1.29 is 9.90 Å². The van der Waals surface area contributed by atoms with Gasteiger partial charge in [0.1, 0.15) is 0 Å². The van der Waals surface area contributed by atoms with E-state index in [0.29, 0.717) is 24.9 Å². The van der Waals surface area contributed by atoms with Crippen molar-refractivity contribution in [2.24, 2.45) is 17.6 Å². The summed E-state index contributed by atoms with van der Waals surface area (Å²) >= 11 is 0. The SMILES string of the molecule is NC(=O)CCC1CCC(CO)CC1. The molecular weight excluding hydrogens is 166 g/mol. The highest BCUT2D eigenvalue weighted by Crippen LogP contribution is 2.30. The van der Waals surface area contributed by atoms with Gasteiger partial charge in [-0.3, -0.25) is 4.79 Å². The Morgan fingerprint density at radius 3 is 2.23 bits per heavy atom. The highest BCUT2D eigenvalue weighted by Gasteiger charge is 2.20. The molecule has 13 heavy (non-hydrogen) atoms. The zero-order chi connectivity index (χ0) is 9.68. The highest BCUT2D eigenvalue weighted by molar-refractivity contribution is 5.73. The molecule has 0 unspecified atom stereocenters. The molecule has 1 aliphatic carbocycles. The fraction of sp³-hybridized carbons (Fsp3) is 0.900. The van der Waals surface area contributed by atoms with E-state index in [0.717, 1.165) is 32.1 Å². The van der Waals surface area contributed by atoms with Crippen LogP contribution in [0.1, 0.15) is 38.5 Å². The van der Waals surface area contributed by atoms with Gasteiger partial charge in [-0.25, -0.2) is 0 Å². The number of nitrogens with two attached hydrogens (primary N) is 1. The number of aliphatic hydroxyl groups is 1. The maximum Gasteiger partial charge on any atom is 0.217 e. The van der Waals surface area contributed by atoms with Gasteiger partial charge in [-0.05, 0) is 31.1 Å². The Hall–Kier alpha value is -0.570. The summed E-state index contributed by atoms with van der Waals surface area (Å²) in [7, 11) is 0. The third-order valence-electron chi connectivity index (χ3n) is 3.02. The van der Waals surface area contributed by atoms with E-state index in [4.69, 9.17) is 10.8 Å². The summed E-state index contributed by atoms with van der Waals surface area (Å²) in [6.07, 6.45) is 5.98. The summed E-state index contributed by atoms with van der Waals surface area (Å²) in [6.45, 7) is 0.322. The molecule has 1 amide bonds. The van der Waals surface area contributed by atoms with Crippen molar-refractivity contribution in [2.75, 3.05) is 6.61 Å². The topological polar surface area (TPSA) is 63.3 Å². The minimum absolute atomic E-state index is 0.190. The second-order valence-corrected chi connectivity index (χ2v) is 4.07. The van der Waals surface area contributed by atoms with E-state index in [9.17, 15) is 4.79 Å². The third kappa shape index (κ3) is 3.77. The predicted octanol–water partition coefficient (Wildman–Crippen LogP) is 1.05. The Morgan fingerprint density at radius 1 is 1.23 bits per heavy atom. The van der Waals surface area contributed by atoms with E-state index in [2.05, 4.69) is 0 Å². The lowest BCUT2D eigenvalue weighted by Gasteiger charge is -2.26. The van der Waals surface area contributed by atoms with E-state index >= 15 is 0 Å². The number of carbonyl (C=O) groups excluding carboxylic acids is 1. The number of amides is 1. The number of rotatable bonds is 4. The van der Waals surface area contributed by atoms with Crippen molar-refractivity contribution in [3.63, 3.8) is 0 Å². The van der Waals surface area contributed by atoms with E-state index < -0.39 is 0 Å². The zero-order valence-electron chi connectivity index (χ0n) is 8.04. The van der Waals surface area contributed by atoms with Crippen LogP contribution in [0.3, 0.4) is 0 Å². The molecule has 1 aliphatic rings. The molecule has 1 rings (SSSR count). The van der Waals surface area contributed by atoms with E-state index in [1.54, 1.807) is 0 Å². The van der Waals surface area contributed by atoms with Crippen LogP contribution >= 0.6 is 0 Å². The smallest absolute Gasteiger partial charge is 0.217 e. The molecule has 0 atom stereocenters. The van der Waals surface area contributed by atoms with Crippen molar-refractivity contribution in [2.45, 2.75) is 38.5 Å². The molecule has 3 nitrogen and oxygen atoms in total. The third-order valence-corrected chi connectivity index (χ3v) is 3.02. The average molecular weight is 185 g/mol. The highest BCUT2D eigenvalue weighted by atomic mass is 16.3. The molecule has 76 valence electrons. The first-order valence-corrected chi connectivity index (χ1v) is 5.11. The quantitative estimate of drug-likeness (QED) is 0.687. The van der Waals surface area contributed by atoms with Crippen LogP contribution < -0.4 is 5.73 Å². The normalized spacial score (nSPS) is 28.7. The lowest BCUT2D eigenvalue weighted by Crippen LogP contribution is -2.19. The molecule has 0 aromatic carbocycles. The Balaban J connectivity index is 2.14. The van der Waals surface area contributed by atoms with Crippen molar-refractivity contribution in [3.8, 4) is 0 Å². The lowest BCUT2D eigenvalue weighted by molar-refractivity contribution is -0.118. The second kappa shape index (κ2) is 5.22. The Kier molecular flexibility index (Phi) is 4.22. The van der Waals surface area contributed by atoms with E-state index in [1.165, 1.54) is 0 Å². The van der Waals surface area contributed by atoms with E-state index in [1.807, 2.05) is 0 Å². The molecule has 0 heterocycles. The number of carbonyl (C=O) groups is 1. The van der Waals surface area contributed by atoms with Crippen LogP contribution in [0, 0.1) is 11.8 Å². The Bertz CT molecular complexity index is 162. The fourth-order valence-corrected chi connectivity index (χ4v) is 2.05. The van der Waals surface area contributed by atoms with Crippen molar-refractivity contribution in [1.29, 1.82) is 0 Å². The zero-order valence-corrected chi connectivity index (χ0v) is 8.04. The molecule has 3 heteroatoms. The van der Waals surface area contributed by atoms with Gasteiger partial charge in [0.05, 0.1) is 0 Å². The number of primary amides is 1. The summed E-state index contributed by atoms with van der Waals surface area (Å²) < 4.78 is 0. The summed E-state index contributed by atoms with van der Waals surface area (Å²) in [6, 6.07) is 0. The van der Waals surface area contributed by atoms with Gasteiger partial charge in [0, 0.05) is 13.0 Å². The molecule has 1 saturated carbocycles. The molecule has 0 bridgehead atoms. The fourth-order valence-electron chi connectivity index (χ4n) is 2.05. The molecule has 0 aromatic heterocycles. The van der Waals surface area contributed by atoms with Crippen LogP contribution in [0.25, 0.3) is 0 Å². The Labute approximate surface area is 79.3 Å². The van der Waals surface area contributed by atoms with Gasteiger partial charge in [0.25, 0.3) is 0 Å². The number of hydrogen-bond acceptors (Lipinski definition) is 2. The van der Waals surface area contributed by atoms with E-state index in [-0.39, 0.29) is 5.91 Å². The molecule has 0 spiro atoms. The number of hydrogen-bond donors (Lipinski definition) is 2. The first-order chi connectivity index (χ1) is 6.22. The van der Waals surface area contributed by atoms with Crippen LogP contribution in [-0.4, -0.2) is 17.6 Å². The number of aliphatic hydroxyl groups excluding tert-OH is 1. The Morgan fingerprint density at radius 2 is 1.77 bits per heavy atom. The summed E-state index contributed by atoms with van der Waals surface area (Å²) in [4.78, 5) is 10.5. The molecule has 3 N–H and O–H groups in total. The van der Waals surface area contributed by atoms with Crippen molar-refractivity contribution >= 4 is 5.91 Å². The van der Waals surface area contributed by atoms with Gasteiger partial charge in [-0.2, -0.15) is 0 Å². The standard InChI is InChI=1S/C10H19NO2/c11-10(13)6-5-8-1-3-9(7-12)4-2-8/h8-9,12H,1-7H2,(H2,11,13). The molecule has 0 saturated heterocycles. The first kappa shape index (κ1) is 10.5. The molecule has 0 radical (unpaired) electrons. The van der Waals surface area contributed by atoms with Crippen molar-refractivity contribution in [3.05, 3.63) is 0 Å². The summed E-state index contributed by atoms with van der Waals surface area (Å²) in [5, 5.41) is 8.92. The molecular formula is C10H19NO2. The van der Waals surface area contributed by atoms with Crippen LogP contribution in [0.2, 0.25) is 0 Å². The summed E-state index contributed by atoms with van der Waals surface area (Å²) in [5.74, 6) is 0.976. The molecule has 1 fully saturated rings. The maximum atomic E-state index is 10.5. The minimum atomic E-state index is -0.190. The maximum absolute atomic E-state index is 10.5. The van der Waals surface area contributed by atoms with Gasteiger partial charge in [-0.1, -0.05) is 12.8 Å². The van der Waals surface area contributed by atoms with Crippen LogP contribution in [0.4, 0.5) is 0 Å². The second-order valence-electron chi connectivity index (χ2n) is 4.07. The lowest BCUT2D eigenvalue weighted by atomic mass is 9.80. The van der Waals surface area contributed by atoms with Gasteiger partial charge < -0.3 is 10.8 Å². The van der Waals surface area contributed by atoms with Crippen molar-refractivity contribution in [1.82, 2.24) is 0 Å².